The lowest BCUT2D eigenvalue weighted by Gasteiger charge is -2.25. The quantitative estimate of drug-likeness (QED) is 0.709. The van der Waals surface area contributed by atoms with Crippen LogP contribution in [0.1, 0.15) is 38.2 Å². The molecule has 2 heterocycles. The van der Waals surface area contributed by atoms with Crippen molar-refractivity contribution in [1.82, 2.24) is 0 Å². The van der Waals surface area contributed by atoms with Crippen molar-refractivity contribution in [3.8, 4) is 0 Å². The Hall–Kier alpha value is -1.13. The third kappa shape index (κ3) is 1.80. The maximum absolute atomic E-state index is 5.60. The molecule has 0 aliphatic carbocycles. The van der Waals surface area contributed by atoms with Crippen LogP contribution >= 0.6 is 0 Å². The molecule has 0 bridgehead atoms. The van der Waals surface area contributed by atoms with Gasteiger partial charge in [-0.1, -0.05) is 19.9 Å². The van der Waals surface area contributed by atoms with Crippen molar-refractivity contribution in [3.63, 3.8) is 0 Å². The third-order valence-electron chi connectivity index (χ3n) is 3.89. The second kappa shape index (κ2) is 4.21. The number of benzene rings is 1. The Morgan fingerprint density at radius 1 is 1.28 bits per heavy atom. The van der Waals surface area contributed by atoms with Crippen LogP contribution in [-0.4, -0.2) is 26.0 Å². The molecule has 3 rings (SSSR count). The first kappa shape index (κ1) is 11.9. The van der Waals surface area contributed by atoms with E-state index >= 15 is 0 Å². The van der Waals surface area contributed by atoms with Crippen molar-refractivity contribution in [2.45, 2.75) is 32.5 Å². The zero-order valence-corrected chi connectivity index (χ0v) is 11.1. The number of aliphatic imine (C=N–C) groups is 1. The average molecular weight is 242 g/mol. The van der Waals surface area contributed by atoms with Crippen LogP contribution in [0.2, 0.25) is 0 Å². The molecule has 93 valence electrons. The molecule has 3 nitrogen and oxygen atoms in total. The molecular weight excluding hydrogens is 225 g/mol. The van der Waals surface area contributed by atoms with Gasteiger partial charge in [0.1, 0.15) is 0 Å². The first-order valence-corrected chi connectivity index (χ1v) is 6.34. The lowest BCUT2D eigenvalue weighted by molar-refractivity contribution is -0.136. The fourth-order valence-corrected chi connectivity index (χ4v) is 2.41. The molecule has 1 aromatic carbocycles. The highest BCUT2D eigenvalue weighted by Gasteiger charge is 2.33. The van der Waals surface area contributed by atoms with Gasteiger partial charge in [-0.15, -0.1) is 0 Å². The van der Waals surface area contributed by atoms with E-state index in [1.807, 2.05) is 13.3 Å². The van der Waals surface area contributed by atoms with Crippen LogP contribution in [0.4, 0.5) is 5.69 Å². The maximum atomic E-state index is 5.60. The van der Waals surface area contributed by atoms with Gasteiger partial charge < -0.3 is 9.47 Å². The Morgan fingerprint density at radius 3 is 2.72 bits per heavy atom. The third-order valence-corrected chi connectivity index (χ3v) is 3.89. The molecule has 1 aromatic rings. The molecule has 0 unspecified atom stereocenters. The summed E-state index contributed by atoms with van der Waals surface area (Å²) in [4.78, 5) is 4.62. The highest BCUT2D eigenvalue weighted by molar-refractivity contribution is 6.35. The van der Waals surface area contributed by atoms with Gasteiger partial charge in [-0.25, -0.2) is 0 Å². The molecule has 0 saturated carbocycles. The Kier molecular flexibility index (Phi) is 2.79. The molecular formula is C14H17BNO2. The first-order chi connectivity index (χ1) is 8.59. The van der Waals surface area contributed by atoms with Gasteiger partial charge in [0.25, 0.3) is 0 Å². The lowest BCUT2D eigenvalue weighted by Crippen LogP contribution is -2.25. The number of hydrogen-bond donors (Lipinski definition) is 0. The number of ether oxygens (including phenoxy) is 2. The van der Waals surface area contributed by atoms with Crippen molar-refractivity contribution in [2.75, 3.05) is 13.0 Å². The minimum Gasteiger partial charge on any atom is -0.357 e. The Labute approximate surface area is 108 Å². The van der Waals surface area contributed by atoms with Gasteiger partial charge in [0, 0.05) is 29.7 Å². The molecule has 2 aliphatic rings. The van der Waals surface area contributed by atoms with Crippen molar-refractivity contribution in [1.29, 1.82) is 0 Å². The van der Waals surface area contributed by atoms with Crippen LogP contribution in [0.15, 0.2) is 23.2 Å². The topological polar surface area (TPSA) is 30.8 Å². The largest absolute Gasteiger partial charge is 0.357 e. The molecule has 2 aliphatic heterocycles. The van der Waals surface area contributed by atoms with Crippen LogP contribution in [0.5, 0.6) is 0 Å². The molecule has 1 fully saturated rings. The minimum atomic E-state index is -0.239. The summed E-state index contributed by atoms with van der Waals surface area (Å²) in [5.41, 5.74) is 4.59. The summed E-state index contributed by atoms with van der Waals surface area (Å²) in [7, 11) is 1.99. The van der Waals surface area contributed by atoms with E-state index in [1.165, 1.54) is 5.56 Å². The molecule has 1 saturated heterocycles. The van der Waals surface area contributed by atoms with Gasteiger partial charge in [-0.2, -0.15) is 0 Å². The van der Waals surface area contributed by atoms with E-state index in [-0.39, 0.29) is 11.7 Å². The predicted octanol–water partition coefficient (Wildman–Crippen LogP) is 2.73. The molecule has 0 N–H and O–H groups in total. The number of fused-ring (bicyclic) bond motifs is 1. The highest BCUT2D eigenvalue weighted by Crippen LogP contribution is 2.41. The van der Waals surface area contributed by atoms with E-state index in [4.69, 9.17) is 9.47 Å². The standard InChI is InChI=1S/C14H17BNO2/c1-9-14(2,3)11-6-10(4-5-12(11)16-9)13-17-7-15-8-18-13/h4-6,13H,7-8H2,1-3H3. The zero-order chi connectivity index (χ0) is 12.8. The van der Waals surface area contributed by atoms with Gasteiger partial charge in [0.05, 0.1) is 5.69 Å². The van der Waals surface area contributed by atoms with Gasteiger partial charge in [0.2, 0.25) is 0 Å². The van der Waals surface area contributed by atoms with Crippen molar-refractivity contribution < 1.29 is 9.47 Å². The molecule has 0 spiro atoms. The van der Waals surface area contributed by atoms with E-state index in [2.05, 4.69) is 37.9 Å². The average Bonchev–Trinajstić information content (AvgIpc) is 2.61. The SMILES string of the molecule is CC1=Nc2ccc(C3OC[B]CO3)cc2C1(C)C. The summed E-state index contributed by atoms with van der Waals surface area (Å²) in [5.74, 6) is 0. The molecule has 0 aromatic heterocycles. The second-order valence-corrected chi connectivity index (χ2v) is 5.39. The fourth-order valence-electron chi connectivity index (χ4n) is 2.41. The summed E-state index contributed by atoms with van der Waals surface area (Å²) in [6.45, 7) is 7.80. The summed E-state index contributed by atoms with van der Waals surface area (Å²) in [6, 6.07) is 6.28. The van der Waals surface area contributed by atoms with Crippen LogP contribution in [0.3, 0.4) is 0 Å². The second-order valence-electron chi connectivity index (χ2n) is 5.39. The van der Waals surface area contributed by atoms with Crippen molar-refractivity contribution >= 4 is 18.7 Å². The maximum Gasteiger partial charge on any atom is 0.182 e. The van der Waals surface area contributed by atoms with E-state index in [0.717, 1.165) is 17.0 Å². The zero-order valence-electron chi connectivity index (χ0n) is 11.1. The molecule has 0 amide bonds. The molecule has 0 atom stereocenters. The smallest absolute Gasteiger partial charge is 0.182 e. The van der Waals surface area contributed by atoms with Crippen molar-refractivity contribution in [2.24, 2.45) is 4.99 Å². The Bertz CT molecular complexity index is 505. The van der Waals surface area contributed by atoms with Gasteiger partial charge in [-0.05, 0) is 24.6 Å². The fraction of sp³-hybridized carbons (Fsp3) is 0.500. The summed E-state index contributed by atoms with van der Waals surface area (Å²) in [5, 5.41) is 0. The Morgan fingerprint density at radius 2 is 2.00 bits per heavy atom. The van der Waals surface area contributed by atoms with Crippen LogP contribution in [0, 0.1) is 0 Å². The molecule has 1 radical (unpaired) electrons. The minimum absolute atomic E-state index is 0.00609. The van der Waals surface area contributed by atoms with E-state index < -0.39 is 0 Å². The predicted molar refractivity (Wildman–Crippen MR) is 72.6 cm³/mol. The van der Waals surface area contributed by atoms with E-state index in [0.29, 0.717) is 13.0 Å². The van der Waals surface area contributed by atoms with Crippen LogP contribution < -0.4 is 0 Å². The van der Waals surface area contributed by atoms with Gasteiger partial charge >= 0.3 is 0 Å². The summed E-state index contributed by atoms with van der Waals surface area (Å²) >= 11 is 0. The molecule has 4 heteroatoms. The summed E-state index contributed by atoms with van der Waals surface area (Å²) in [6.07, 6.45) is -0.239. The lowest BCUT2D eigenvalue weighted by atomic mass is 9.80. The number of nitrogens with zero attached hydrogens (tertiary/aromatic N) is 1. The normalized spacial score (nSPS) is 22.3. The van der Waals surface area contributed by atoms with Gasteiger partial charge in [-0.3, -0.25) is 4.99 Å². The number of hydrogen-bond acceptors (Lipinski definition) is 3. The van der Waals surface area contributed by atoms with E-state index in [9.17, 15) is 0 Å². The van der Waals surface area contributed by atoms with E-state index in [1.54, 1.807) is 0 Å². The van der Waals surface area contributed by atoms with Crippen molar-refractivity contribution in [3.05, 3.63) is 29.3 Å². The summed E-state index contributed by atoms with van der Waals surface area (Å²) < 4.78 is 11.2. The monoisotopic (exact) mass is 242 g/mol. The molecule has 18 heavy (non-hydrogen) atoms. The Balaban J connectivity index is 1.96. The van der Waals surface area contributed by atoms with Crippen LogP contribution in [0.25, 0.3) is 0 Å². The van der Waals surface area contributed by atoms with Crippen LogP contribution in [-0.2, 0) is 14.9 Å². The number of rotatable bonds is 1. The van der Waals surface area contributed by atoms with Gasteiger partial charge in [0.15, 0.2) is 13.6 Å². The first-order valence-electron chi connectivity index (χ1n) is 6.34. The highest BCUT2D eigenvalue weighted by atomic mass is 16.7.